The van der Waals surface area contributed by atoms with Crippen LogP contribution in [0.5, 0.6) is 0 Å². The van der Waals surface area contributed by atoms with E-state index in [4.69, 9.17) is 89.2 Å². The molecule has 0 unspecified atom stereocenters. The molecule has 6 heterocycles. The first-order chi connectivity index (χ1) is 34.7. The van der Waals surface area contributed by atoms with Crippen LogP contribution in [-0.4, -0.2) is 111 Å². The van der Waals surface area contributed by atoms with Crippen molar-refractivity contribution in [3.8, 4) is 0 Å². The highest BCUT2D eigenvalue weighted by atomic mass is 35.5. The zero-order chi connectivity index (χ0) is 52.4. The van der Waals surface area contributed by atoms with E-state index >= 15 is 0 Å². The Morgan fingerprint density at radius 3 is 1.40 bits per heavy atom. The van der Waals surface area contributed by atoms with E-state index in [-0.39, 0.29) is 18.2 Å². The predicted octanol–water partition coefficient (Wildman–Crippen LogP) is 12.4. The van der Waals surface area contributed by atoms with Gasteiger partial charge in [0.05, 0.1) is 29.9 Å². The molecule has 0 radical (unpaired) electrons. The Kier molecular flexibility index (Phi) is 18.0. The number of halogens is 6. The van der Waals surface area contributed by atoms with Crippen LogP contribution in [0.15, 0.2) is 48.8 Å². The van der Waals surface area contributed by atoms with Gasteiger partial charge in [-0.2, -0.15) is 19.6 Å². The molecular weight excluding hydrogens is 1050 g/mol. The third-order valence-electron chi connectivity index (χ3n) is 16.2. The molecule has 6 aliphatic rings. The number of rotatable bonds is 13. The van der Waals surface area contributed by atoms with E-state index in [0.29, 0.717) is 71.0 Å². The summed E-state index contributed by atoms with van der Waals surface area (Å²) >= 11 is 37.7. The molecule has 6 fully saturated rings. The van der Waals surface area contributed by atoms with Crippen molar-refractivity contribution in [3.63, 3.8) is 0 Å². The average Bonchev–Trinajstić information content (AvgIpc) is 3.28. The molecule has 0 spiro atoms. The number of piperidine rings is 2. The lowest BCUT2D eigenvalue weighted by atomic mass is 9.65. The number of carbonyl (C=O) groups is 1. The van der Waals surface area contributed by atoms with E-state index in [1.165, 1.54) is 51.6 Å². The average molecular weight is 1120 g/mol. The molecular formula is C53H66Cl6N10O4. The summed E-state index contributed by atoms with van der Waals surface area (Å²) in [5, 5.41) is 19.6. The fraction of sp³-hybridized carbons (Fsp3) is 0.585. The van der Waals surface area contributed by atoms with Crippen LogP contribution in [0.4, 0.5) is 23.5 Å². The van der Waals surface area contributed by atoms with Gasteiger partial charge in [-0.3, -0.25) is 4.79 Å². The van der Waals surface area contributed by atoms with Crippen molar-refractivity contribution in [2.75, 3.05) is 72.8 Å². The minimum Gasteiger partial charge on any atom is -0.481 e. The first kappa shape index (κ1) is 55.5. The standard InChI is InChI=1S/C26H32Cl3N5O2.C26H34Cl3N5.CO2/c1-15(20-6-5-18(27)8-21(20)28)31-23-22(29)11-30-25(32-23)34-13-17(14-34)16-4-3-7-33(12-16)19-9-26(2,10-19)24(35)36;1-16(21-7-6-19(27)9-22(21)28)31-24-23(29)12-30-25(32-24)34-14-18(15-34)17-5-4-8-33(13-17)20-10-26(2,3)11-20;2-1-3/h5-6,8,11,15-17,19H,3-4,7,9-10,12-14H2,1-2H3,(H,35,36)(H,30,31,32);6-7,9,12,16-18,20H,4-5,8,10-11,13-15H2,1-3H3,(H,30,31,32);/t15-,16+,19?,26?;16-,17+;/m11./s1. The number of nitrogens with one attached hydrogen (secondary N) is 2. The molecule has 2 aliphatic carbocycles. The number of aromatic nitrogens is 4. The van der Waals surface area contributed by atoms with Crippen molar-refractivity contribution in [1.82, 2.24) is 29.7 Å². The Morgan fingerprint density at radius 1 is 0.630 bits per heavy atom. The SMILES string of the molecule is C[C@@H](Nc1nc(N2CC([C@H]3CCCN(C4CC(C)(C(=O)O)C4)C3)C2)ncc1Cl)c1ccc(Cl)cc1Cl.C[C@@H](Nc1nc(N2CC([C@H]3CCCN(C4CC(C)(C)C4)C3)C2)ncc1Cl)c1ccc(Cl)cc1Cl.O=C=O. The van der Waals surface area contributed by atoms with Gasteiger partial charge in [-0.15, -0.1) is 0 Å². The molecule has 4 aliphatic heterocycles. The second-order valence-corrected chi connectivity index (χ2v) is 24.7. The number of carbonyl (C=O) groups excluding carboxylic acids is 2. The van der Waals surface area contributed by atoms with Crippen molar-refractivity contribution in [1.29, 1.82) is 0 Å². The summed E-state index contributed by atoms with van der Waals surface area (Å²) in [4.78, 5) is 56.0. The topological polar surface area (TPSA) is 160 Å². The third kappa shape index (κ3) is 13.3. The zero-order valence-electron chi connectivity index (χ0n) is 42.1. The number of hydrogen-bond donors (Lipinski definition) is 3. The second-order valence-electron chi connectivity index (χ2n) is 22.2. The van der Waals surface area contributed by atoms with Gasteiger partial charge in [-0.05, 0) is 150 Å². The van der Waals surface area contributed by atoms with Crippen LogP contribution in [0.25, 0.3) is 0 Å². The molecule has 20 heteroatoms. The fourth-order valence-corrected chi connectivity index (χ4v) is 13.3. The Labute approximate surface area is 459 Å². The van der Waals surface area contributed by atoms with E-state index in [9.17, 15) is 9.90 Å². The first-order valence-electron chi connectivity index (χ1n) is 25.4. The van der Waals surface area contributed by atoms with E-state index in [1.807, 2.05) is 45.0 Å². The van der Waals surface area contributed by atoms with E-state index < -0.39 is 11.4 Å². The van der Waals surface area contributed by atoms with Crippen LogP contribution in [0.1, 0.15) is 109 Å². The maximum atomic E-state index is 11.5. The molecule has 394 valence electrons. The minimum absolute atomic E-state index is 0.0705. The van der Waals surface area contributed by atoms with Gasteiger partial charge in [0.25, 0.3) is 0 Å². The number of carboxylic acid groups (broad SMARTS) is 1. The molecule has 3 N–H and O–H groups in total. The number of likely N-dealkylation sites (tertiary alicyclic amines) is 2. The van der Waals surface area contributed by atoms with Crippen LogP contribution in [0.2, 0.25) is 30.1 Å². The number of hydrogen-bond acceptors (Lipinski definition) is 13. The number of nitrogens with zero attached hydrogens (tertiary/aromatic N) is 8. The minimum atomic E-state index is -0.663. The molecule has 0 amide bonds. The number of benzene rings is 2. The molecule has 2 aromatic carbocycles. The molecule has 4 atom stereocenters. The van der Waals surface area contributed by atoms with Crippen LogP contribution in [0.3, 0.4) is 0 Å². The molecule has 2 aromatic heterocycles. The van der Waals surface area contributed by atoms with Crippen LogP contribution in [0, 0.1) is 34.5 Å². The Bertz CT molecular complexity index is 2620. The number of aliphatic carboxylic acids is 1. The van der Waals surface area contributed by atoms with Gasteiger partial charge in [0.15, 0.2) is 11.6 Å². The number of carboxylic acids is 1. The Morgan fingerprint density at radius 2 is 1.03 bits per heavy atom. The number of anilines is 4. The van der Waals surface area contributed by atoms with Gasteiger partial charge in [-0.1, -0.05) is 95.6 Å². The maximum absolute atomic E-state index is 11.5. The van der Waals surface area contributed by atoms with Crippen molar-refractivity contribution >= 4 is 105 Å². The van der Waals surface area contributed by atoms with Gasteiger partial charge in [0.1, 0.15) is 10.0 Å². The highest BCUT2D eigenvalue weighted by Crippen LogP contribution is 2.47. The molecule has 4 aromatic rings. The Balaban J connectivity index is 0.000000185. The normalized spacial score (nSPS) is 25.2. The largest absolute Gasteiger partial charge is 0.481 e. The van der Waals surface area contributed by atoms with Crippen molar-refractivity contribution in [2.24, 2.45) is 34.5 Å². The van der Waals surface area contributed by atoms with Crippen molar-refractivity contribution < 1.29 is 19.5 Å². The summed E-state index contributed by atoms with van der Waals surface area (Å²) < 4.78 is 0. The molecule has 4 saturated heterocycles. The summed E-state index contributed by atoms with van der Waals surface area (Å²) in [6.07, 6.45) is 12.9. The molecule has 14 nitrogen and oxygen atoms in total. The summed E-state index contributed by atoms with van der Waals surface area (Å²) in [7, 11) is 0. The maximum Gasteiger partial charge on any atom is 0.373 e. The summed E-state index contributed by atoms with van der Waals surface area (Å²) in [6.45, 7) is 19.3. The quantitative estimate of drug-likeness (QED) is 0.116. The van der Waals surface area contributed by atoms with Gasteiger partial charge >= 0.3 is 12.1 Å². The molecule has 0 bridgehead atoms. The summed E-state index contributed by atoms with van der Waals surface area (Å²) in [6, 6.07) is 12.0. The smallest absolute Gasteiger partial charge is 0.373 e. The van der Waals surface area contributed by atoms with Crippen LogP contribution < -0.4 is 20.4 Å². The van der Waals surface area contributed by atoms with Gasteiger partial charge in [0, 0.05) is 71.4 Å². The lowest BCUT2D eigenvalue weighted by Gasteiger charge is -2.53. The second kappa shape index (κ2) is 23.7. The fourth-order valence-electron chi connectivity index (χ4n) is 11.8. The predicted molar refractivity (Wildman–Crippen MR) is 292 cm³/mol. The van der Waals surface area contributed by atoms with Crippen LogP contribution in [-0.2, 0) is 14.4 Å². The van der Waals surface area contributed by atoms with E-state index in [2.05, 4.69) is 54.0 Å². The van der Waals surface area contributed by atoms with Crippen molar-refractivity contribution in [2.45, 2.75) is 110 Å². The van der Waals surface area contributed by atoms with E-state index in [1.54, 1.807) is 24.5 Å². The first-order valence-corrected chi connectivity index (χ1v) is 27.7. The highest BCUT2D eigenvalue weighted by Gasteiger charge is 2.50. The highest BCUT2D eigenvalue weighted by molar-refractivity contribution is 6.36. The molecule has 73 heavy (non-hydrogen) atoms. The summed E-state index contributed by atoms with van der Waals surface area (Å²) in [5.41, 5.74) is 1.86. The van der Waals surface area contributed by atoms with Crippen molar-refractivity contribution in [3.05, 3.63) is 90.1 Å². The summed E-state index contributed by atoms with van der Waals surface area (Å²) in [5.74, 6) is 4.70. The lowest BCUT2D eigenvalue weighted by molar-refractivity contribution is -0.191. The van der Waals surface area contributed by atoms with Gasteiger partial charge in [-0.25, -0.2) is 9.97 Å². The van der Waals surface area contributed by atoms with Crippen LogP contribution >= 0.6 is 69.6 Å². The zero-order valence-corrected chi connectivity index (χ0v) is 46.6. The third-order valence-corrected chi connectivity index (χ3v) is 17.9. The monoisotopic (exact) mass is 1120 g/mol. The van der Waals surface area contributed by atoms with Gasteiger partial charge in [0.2, 0.25) is 11.9 Å². The molecule has 2 saturated carbocycles. The van der Waals surface area contributed by atoms with E-state index in [0.717, 1.165) is 87.1 Å². The Hall–Kier alpha value is -3.69. The molecule has 10 rings (SSSR count). The lowest BCUT2D eigenvalue weighted by Crippen LogP contribution is -2.58. The van der Waals surface area contributed by atoms with Gasteiger partial charge < -0.3 is 35.3 Å².